The fourth-order valence-corrected chi connectivity index (χ4v) is 1.92. The Labute approximate surface area is 120 Å². The summed E-state index contributed by atoms with van der Waals surface area (Å²) >= 11 is 5.78. The molecule has 0 aliphatic rings. The Kier molecular flexibility index (Phi) is 6.71. The highest BCUT2D eigenvalue weighted by Crippen LogP contribution is 2.18. The van der Waals surface area contributed by atoms with E-state index < -0.39 is 12.8 Å². The van der Waals surface area contributed by atoms with Crippen LogP contribution in [0.5, 0.6) is 0 Å². The summed E-state index contributed by atoms with van der Waals surface area (Å²) in [6.45, 7) is -1.32. The molecule has 2 nitrogen and oxygen atoms in total. The van der Waals surface area contributed by atoms with E-state index in [0.29, 0.717) is 23.4 Å². The van der Waals surface area contributed by atoms with Gasteiger partial charge in [-0.15, -0.1) is 0 Å². The van der Waals surface area contributed by atoms with Crippen LogP contribution >= 0.6 is 11.6 Å². The zero-order valence-electron chi connectivity index (χ0n) is 10.9. The molecule has 0 aromatic heterocycles. The largest absolute Gasteiger partial charge is 0.411 e. The van der Waals surface area contributed by atoms with Crippen LogP contribution in [0.2, 0.25) is 5.02 Å². The number of hydrogen-bond acceptors (Lipinski definition) is 2. The van der Waals surface area contributed by atoms with Crippen LogP contribution in [0.15, 0.2) is 18.2 Å². The topological polar surface area (TPSA) is 21.3 Å². The van der Waals surface area contributed by atoms with Crippen LogP contribution in [0, 0.1) is 5.82 Å². The monoisotopic (exact) mass is 313 g/mol. The Hall–Kier alpha value is -0.850. The fraction of sp³-hybridized carbons (Fsp3) is 0.538. The van der Waals surface area contributed by atoms with Crippen molar-refractivity contribution >= 4 is 11.6 Å². The van der Waals surface area contributed by atoms with E-state index in [0.717, 1.165) is 0 Å². The van der Waals surface area contributed by atoms with Gasteiger partial charge in [0.1, 0.15) is 12.4 Å². The van der Waals surface area contributed by atoms with E-state index in [9.17, 15) is 17.6 Å². The quantitative estimate of drug-likeness (QED) is 0.614. The first-order valence-electron chi connectivity index (χ1n) is 6.07. The van der Waals surface area contributed by atoms with Crippen LogP contribution in [-0.2, 0) is 11.2 Å². The summed E-state index contributed by atoms with van der Waals surface area (Å²) in [7, 11) is 1.66. The molecule has 0 aliphatic carbocycles. The minimum absolute atomic E-state index is 0.0484. The molecule has 1 rings (SSSR count). The number of ether oxygens (including phenoxy) is 1. The molecule has 7 heteroatoms. The fourth-order valence-electron chi connectivity index (χ4n) is 1.73. The van der Waals surface area contributed by atoms with E-state index in [1.165, 1.54) is 18.2 Å². The van der Waals surface area contributed by atoms with Crippen molar-refractivity contribution in [3.63, 3.8) is 0 Å². The third-order valence-corrected chi connectivity index (χ3v) is 2.99. The second-order valence-corrected chi connectivity index (χ2v) is 4.82. The van der Waals surface area contributed by atoms with Crippen molar-refractivity contribution in [3.8, 4) is 0 Å². The van der Waals surface area contributed by atoms with Gasteiger partial charge in [-0.25, -0.2) is 4.39 Å². The molecule has 0 fully saturated rings. The number of likely N-dealkylation sites (N-methyl/N-ethyl adjacent to an activating group) is 1. The maximum Gasteiger partial charge on any atom is 0.411 e. The van der Waals surface area contributed by atoms with Gasteiger partial charge in [0.05, 0.1) is 0 Å². The van der Waals surface area contributed by atoms with E-state index in [1.807, 2.05) is 0 Å². The van der Waals surface area contributed by atoms with E-state index in [4.69, 9.17) is 11.6 Å². The molecule has 1 N–H and O–H groups in total. The first-order valence-corrected chi connectivity index (χ1v) is 6.45. The second kappa shape index (κ2) is 7.81. The predicted molar refractivity (Wildman–Crippen MR) is 69.5 cm³/mol. The molecular weight excluding hydrogens is 298 g/mol. The third-order valence-electron chi connectivity index (χ3n) is 2.76. The van der Waals surface area contributed by atoms with Crippen molar-refractivity contribution in [2.45, 2.75) is 25.1 Å². The predicted octanol–water partition coefficient (Wildman–Crippen LogP) is 3.58. The highest BCUT2D eigenvalue weighted by atomic mass is 35.5. The Morgan fingerprint density at radius 1 is 1.35 bits per heavy atom. The van der Waals surface area contributed by atoms with Crippen LogP contribution in [-0.4, -0.2) is 32.5 Å². The molecule has 0 bridgehead atoms. The van der Waals surface area contributed by atoms with Gasteiger partial charge in [-0.1, -0.05) is 11.6 Å². The van der Waals surface area contributed by atoms with E-state index in [-0.39, 0.29) is 18.5 Å². The Bertz CT molecular complexity index is 425. The minimum atomic E-state index is -4.33. The van der Waals surface area contributed by atoms with Gasteiger partial charge in [0.25, 0.3) is 0 Å². The van der Waals surface area contributed by atoms with Crippen molar-refractivity contribution in [2.75, 3.05) is 20.3 Å². The summed E-state index contributed by atoms with van der Waals surface area (Å²) < 4.78 is 53.8. The van der Waals surface area contributed by atoms with Gasteiger partial charge in [-0.3, -0.25) is 0 Å². The molecule has 1 aromatic carbocycles. The molecule has 114 valence electrons. The number of nitrogens with one attached hydrogen (secondary N) is 1. The van der Waals surface area contributed by atoms with Crippen LogP contribution in [0.25, 0.3) is 0 Å². The molecule has 0 radical (unpaired) electrons. The van der Waals surface area contributed by atoms with E-state index in [1.54, 1.807) is 7.05 Å². The molecule has 0 spiro atoms. The maximum absolute atomic E-state index is 13.5. The van der Waals surface area contributed by atoms with Gasteiger partial charge >= 0.3 is 6.18 Å². The van der Waals surface area contributed by atoms with Crippen LogP contribution in [0.3, 0.4) is 0 Å². The average molecular weight is 314 g/mol. The van der Waals surface area contributed by atoms with Crippen LogP contribution < -0.4 is 5.32 Å². The Morgan fingerprint density at radius 3 is 2.65 bits per heavy atom. The van der Waals surface area contributed by atoms with Crippen molar-refractivity contribution in [1.29, 1.82) is 0 Å². The molecule has 0 aliphatic heterocycles. The second-order valence-electron chi connectivity index (χ2n) is 4.38. The van der Waals surface area contributed by atoms with Gasteiger partial charge in [0, 0.05) is 17.7 Å². The summed E-state index contributed by atoms with van der Waals surface area (Å²) in [5.74, 6) is -0.383. The minimum Gasteiger partial charge on any atom is -0.372 e. The number of benzene rings is 1. The molecule has 0 saturated carbocycles. The molecule has 1 atom stereocenters. The first kappa shape index (κ1) is 17.2. The smallest absolute Gasteiger partial charge is 0.372 e. The summed E-state index contributed by atoms with van der Waals surface area (Å²) in [4.78, 5) is 0. The van der Waals surface area contributed by atoms with Gasteiger partial charge in [0.2, 0.25) is 0 Å². The SMILES string of the molecule is CNC(CCOCC(F)(F)F)Cc1cc(Cl)ccc1F. The number of rotatable bonds is 7. The number of hydrogen-bond donors (Lipinski definition) is 1. The molecule has 20 heavy (non-hydrogen) atoms. The van der Waals surface area contributed by atoms with Gasteiger partial charge in [-0.2, -0.15) is 13.2 Å². The Balaban J connectivity index is 2.45. The molecule has 1 aromatic rings. The average Bonchev–Trinajstić information content (AvgIpc) is 2.36. The summed E-state index contributed by atoms with van der Waals surface area (Å²) in [6, 6.07) is 4.04. The molecule has 0 heterocycles. The van der Waals surface area contributed by atoms with E-state index in [2.05, 4.69) is 10.1 Å². The van der Waals surface area contributed by atoms with Crippen LogP contribution in [0.4, 0.5) is 17.6 Å². The van der Waals surface area contributed by atoms with Crippen molar-refractivity contribution in [3.05, 3.63) is 34.6 Å². The Morgan fingerprint density at radius 2 is 2.05 bits per heavy atom. The summed E-state index contributed by atoms with van der Waals surface area (Å²) in [6.07, 6.45) is -3.65. The van der Waals surface area contributed by atoms with Crippen molar-refractivity contribution in [1.82, 2.24) is 5.32 Å². The maximum atomic E-state index is 13.5. The zero-order chi connectivity index (χ0) is 15.2. The number of halogens is 5. The molecule has 1 unspecified atom stereocenters. The highest BCUT2D eigenvalue weighted by molar-refractivity contribution is 6.30. The van der Waals surface area contributed by atoms with Crippen LogP contribution in [0.1, 0.15) is 12.0 Å². The van der Waals surface area contributed by atoms with Gasteiger partial charge in [0.15, 0.2) is 0 Å². The van der Waals surface area contributed by atoms with Crippen molar-refractivity contribution < 1.29 is 22.3 Å². The lowest BCUT2D eigenvalue weighted by Crippen LogP contribution is -2.30. The highest BCUT2D eigenvalue weighted by Gasteiger charge is 2.27. The van der Waals surface area contributed by atoms with Crippen molar-refractivity contribution in [2.24, 2.45) is 0 Å². The molecule has 0 saturated heterocycles. The summed E-state index contributed by atoms with van der Waals surface area (Å²) in [5.41, 5.74) is 0.424. The summed E-state index contributed by atoms with van der Waals surface area (Å²) in [5, 5.41) is 3.34. The lowest BCUT2D eigenvalue weighted by Gasteiger charge is -2.17. The third kappa shape index (κ3) is 6.54. The zero-order valence-corrected chi connectivity index (χ0v) is 11.7. The first-order chi connectivity index (χ1) is 9.31. The standard InChI is InChI=1S/C13H16ClF4NO/c1-19-11(4-5-20-8-13(16,17)18)7-9-6-10(14)2-3-12(9)15/h2-3,6,11,19H,4-5,7-8H2,1H3. The number of alkyl halides is 3. The van der Waals surface area contributed by atoms with E-state index >= 15 is 0 Å². The molecular formula is C13H16ClF4NO. The molecule has 0 amide bonds. The lowest BCUT2D eigenvalue weighted by molar-refractivity contribution is -0.174. The normalized spacial score (nSPS) is 13.5. The lowest BCUT2D eigenvalue weighted by atomic mass is 10.0. The van der Waals surface area contributed by atoms with Gasteiger partial charge in [-0.05, 0) is 43.7 Å². The van der Waals surface area contributed by atoms with Gasteiger partial charge < -0.3 is 10.1 Å².